The third-order valence-electron chi connectivity index (χ3n) is 3.07. The molecule has 0 aliphatic rings. The number of thiazole rings is 1. The molecule has 1 aromatic rings. The van der Waals surface area contributed by atoms with Crippen molar-refractivity contribution < 1.29 is 0 Å². The van der Waals surface area contributed by atoms with Crippen LogP contribution in [0.25, 0.3) is 0 Å². The first-order chi connectivity index (χ1) is 8.06. The fourth-order valence-corrected chi connectivity index (χ4v) is 2.63. The Hall–Kier alpha value is -0.450. The summed E-state index contributed by atoms with van der Waals surface area (Å²) in [6.45, 7) is 8.50. The molecule has 0 saturated carbocycles. The number of rotatable bonds is 8. The molecule has 0 fully saturated rings. The summed E-state index contributed by atoms with van der Waals surface area (Å²) >= 11 is 1.71. The molecular weight excluding hydrogens is 230 g/mol. The van der Waals surface area contributed by atoms with Gasteiger partial charge >= 0.3 is 0 Å². The minimum absolute atomic E-state index is 0.00866. The molecule has 0 aliphatic heterocycles. The van der Waals surface area contributed by atoms with Crippen molar-refractivity contribution in [3.63, 3.8) is 0 Å². The van der Waals surface area contributed by atoms with Gasteiger partial charge in [0, 0.05) is 11.6 Å². The van der Waals surface area contributed by atoms with Crippen LogP contribution < -0.4 is 11.1 Å². The van der Waals surface area contributed by atoms with Crippen molar-refractivity contribution in [1.82, 2.24) is 10.3 Å². The zero-order valence-corrected chi connectivity index (χ0v) is 12.0. The Kier molecular flexibility index (Phi) is 6.09. The Morgan fingerprint density at radius 3 is 2.82 bits per heavy atom. The van der Waals surface area contributed by atoms with Gasteiger partial charge in [0.15, 0.2) is 0 Å². The highest BCUT2D eigenvalue weighted by Gasteiger charge is 2.21. The largest absolute Gasteiger partial charge is 0.330 e. The van der Waals surface area contributed by atoms with E-state index < -0.39 is 0 Å². The van der Waals surface area contributed by atoms with Crippen molar-refractivity contribution in [2.45, 2.75) is 45.6 Å². The van der Waals surface area contributed by atoms with Gasteiger partial charge in [-0.2, -0.15) is 0 Å². The van der Waals surface area contributed by atoms with Gasteiger partial charge in [-0.1, -0.05) is 6.92 Å². The molecule has 0 bridgehead atoms. The quantitative estimate of drug-likeness (QED) is 0.702. The van der Waals surface area contributed by atoms with E-state index in [-0.39, 0.29) is 5.54 Å². The highest BCUT2D eigenvalue weighted by molar-refractivity contribution is 7.09. The molecule has 3 N–H and O–H groups in total. The summed E-state index contributed by atoms with van der Waals surface area (Å²) in [7, 11) is 0. The first-order valence-electron chi connectivity index (χ1n) is 6.41. The second-order valence-corrected chi connectivity index (χ2v) is 6.11. The van der Waals surface area contributed by atoms with Crippen LogP contribution in [0.2, 0.25) is 0 Å². The zero-order valence-electron chi connectivity index (χ0n) is 11.2. The number of nitrogens with zero attached hydrogens (tertiary/aromatic N) is 1. The first-order valence-corrected chi connectivity index (χ1v) is 7.29. The van der Waals surface area contributed by atoms with Crippen molar-refractivity contribution in [3.05, 3.63) is 16.6 Å². The Balaban J connectivity index is 2.22. The second-order valence-electron chi connectivity index (χ2n) is 5.21. The summed E-state index contributed by atoms with van der Waals surface area (Å²) in [4.78, 5) is 4.37. The molecule has 0 saturated heterocycles. The third kappa shape index (κ3) is 5.15. The van der Waals surface area contributed by atoms with E-state index in [4.69, 9.17) is 5.73 Å². The summed E-state index contributed by atoms with van der Waals surface area (Å²) < 4.78 is 0. The lowest BCUT2D eigenvalue weighted by Gasteiger charge is -2.24. The minimum atomic E-state index is -0.00866. The van der Waals surface area contributed by atoms with E-state index in [0.717, 1.165) is 30.4 Å². The van der Waals surface area contributed by atoms with Crippen LogP contribution in [-0.4, -0.2) is 18.1 Å². The van der Waals surface area contributed by atoms with Crippen LogP contribution in [-0.2, 0) is 5.54 Å². The number of hydrogen-bond donors (Lipinski definition) is 2. The van der Waals surface area contributed by atoms with Crippen LogP contribution in [0.3, 0.4) is 0 Å². The van der Waals surface area contributed by atoms with E-state index in [1.54, 1.807) is 11.3 Å². The number of nitrogens with one attached hydrogen (secondary N) is 1. The van der Waals surface area contributed by atoms with Crippen LogP contribution >= 0.6 is 11.3 Å². The van der Waals surface area contributed by atoms with E-state index in [1.165, 1.54) is 12.8 Å². The molecule has 1 aromatic heterocycles. The molecule has 0 spiro atoms. The number of hydrogen-bond acceptors (Lipinski definition) is 4. The average molecular weight is 255 g/mol. The molecule has 0 radical (unpaired) electrons. The van der Waals surface area contributed by atoms with Crippen molar-refractivity contribution in [1.29, 1.82) is 0 Å². The predicted molar refractivity (Wildman–Crippen MR) is 75.2 cm³/mol. The minimum Gasteiger partial charge on any atom is -0.330 e. The lowest BCUT2D eigenvalue weighted by atomic mass is 10.0. The van der Waals surface area contributed by atoms with E-state index in [2.05, 4.69) is 31.1 Å². The lowest BCUT2D eigenvalue weighted by molar-refractivity contribution is 0.379. The molecule has 1 unspecified atom stereocenters. The first kappa shape index (κ1) is 14.6. The van der Waals surface area contributed by atoms with Crippen LogP contribution in [0, 0.1) is 5.92 Å². The number of nitrogens with two attached hydrogens (primary N) is 1. The summed E-state index contributed by atoms with van der Waals surface area (Å²) in [6.07, 6.45) is 5.46. The lowest BCUT2D eigenvalue weighted by Crippen LogP contribution is -2.37. The van der Waals surface area contributed by atoms with Gasteiger partial charge in [0.25, 0.3) is 0 Å². The summed E-state index contributed by atoms with van der Waals surface area (Å²) in [5.74, 6) is 0.741. The van der Waals surface area contributed by atoms with Gasteiger partial charge in [-0.05, 0) is 52.1 Å². The number of aromatic nitrogens is 1. The molecule has 1 heterocycles. The monoisotopic (exact) mass is 255 g/mol. The second kappa shape index (κ2) is 7.09. The SMILES string of the molecule is CC(CCN)CCCNC(C)(C)c1nccs1. The van der Waals surface area contributed by atoms with Crippen molar-refractivity contribution in [3.8, 4) is 0 Å². The van der Waals surface area contributed by atoms with E-state index in [9.17, 15) is 0 Å². The van der Waals surface area contributed by atoms with E-state index in [0.29, 0.717) is 0 Å². The zero-order chi connectivity index (χ0) is 12.7. The summed E-state index contributed by atoms with van der Waals surface area (Å²) in [6, 6.07) is 0. The highest BCUT2D eigenvalue weighted by Crippen LogP contribution is 2.22. The van der Waals surface area contributed by atoms with Gasteiger partial charge in [0.05, 0.1) is 5.54 Å². The Labute approximate surface area is 109 Å². The van der Waals surface area contributed by atoms with Gasteiger partial charge in [0.1, 0.15) is 5.01 Å². The van der Waals surface area contributed by atoms with Crippen molar-refractivity contribution in [2.75, 3.05) is 13.1 Å². The maximum absolute atomic E-state index is 5.54. The molecule has 0 amide bonds. The highest BCUT2D eigenvalue weighted by atomic mass is 32.1. The van der Waals surface area contributed by atoms with Gasteiger partial charge < -0.3 is 11.1 Å². The standard InChI is InChI=1S/C13H25N3S/c1-11(6-7-14)5-4-8-16-13(2,3)12-15-9-10-17-12/h9-11,16H,4-8,14H2,1-3H3. The van der Waals surface area contributed by atoms with E-state index >= 15 is 0 Å². The predicted octanol–water partition coefficient (Wildman–Crippen LogP) is 2.73. The Morgan fingerprint density at radius 2 is 2.24 bits per heavy atom. The van der Waals surface area contributed by atoms with Crippen LogP contribution in [0.15, 0.2) is 11.6 Å². The molecule has 98 valence electrons. The normalized spacial score (nSPS) is 13.9. The molecule has 4 heteroatoms. The summed E-state index contributed by atoms with van der Waals surface area (Å²) in [5, 5.41) is 6.77. The molecule has 17 heavy (non-hydrogen) atoms. The molecule has 3 nitrogen and oxygen atoms in total. The Bertz CT molecular complexity index is 296. The molecule has 1 rings (SSSR count). The maximum atomic E-state index is 5.54. The van der Waals surface area contributed by atoms with Crippen molar-refractivity contribution in [2.24, 2.45) is 11.7 Å². The van der Waals surface area contributed by atoms with Gasteiger partial charge in [-0.25, -0.2) is 4.98 Å². The van der Waals surface area contributed by atoms with Gasteiger partial charge in [0.2, 0.25) is 0 Å². The van der Waals surface area contributed by atoms with Crippen LogP contribution in [0.1, 0.15) is 45.0 Å². The topological polar surface area (TPSA) is 50.9 Å². The third-order valence-corrected chi connectivity index (χ3v) is 4.16. The average Bonchev–Trinajstić information content (AvgIpc) is 2.79. The smallest absolute Gasteiger partial charge is 0.112 e. The van der Waals surface area contributed by atoms with E-state index in [1.807, 2.05) is 11.6 Å². The molecule has 1 atom stereocenters. The molecular formula is C13H25N3S. The molecule has 0 aromatic carbocycles. The van der Waals surface area contributed by atoms with Crippen LogP contribution in [0.4, 0.5) is 0 Å². The fourth-order valence-electron chi connectivity index (χ4n) is 1.89. The van der Waals surface area contributed by atoms with Crippen molar-refractivity contribution >= 4 is 11.3 Å². The fraction of sp³-hybridized carbons (Fsp3) is 0.769. The van der Waals surface area contributed by atoms with Crippen LogP contribution in [0.5, 0.6) is 0 Å². The van der Waals surface area contributed by atoms with Gasteiger partial charge in [-0.15, -0.1) is 11.3 Å². The summed E-state index contributed by atoms with van der Waals surface area (Å²) in [5.41, 5.74) is 5.54. The molecule has 0 aliphatic carbocycles. The van der Waals surface area contributed by atoms with Gasteiger partial charge in [-0.3, -0.25) is 0 Å². The Morgan fingerprint density at radius 1 is 1.47 bits per heavy atom. The maximum Gasteiger partial charge on any atom is 0.112 e.